The highest BCUT2D eigenvalue weighted by molar-refractivity contribution is 5.39. The van der Waals surface area contributed by atoms with Crippen LogP contribution in [-0.2, 0) is 6.42 Å². The third kappa shape index (κ3) is 2.32. The van der Waals surface area contributed by atoms with Gasteiger partial charge in [-0.05, 0) is 61.8 Å². The van der Waals surface area contributed by atoms with Crippen LogP contribution in [0, 0.1) is 0 Å². The molecule has 2 aliphatic carbocycles. The number of hydrogen-bond donors (Lipinski definition) is 1. The first-order valence-corrected chi connectivity index (χ1v) is 6.80. The predicted molar refractivity (Wildman–Crippen MR) is 67.2 cm³/mol. The summed E-state index contributed by atoms with van der Waals surface area (Å²) in [6.45, 7) is 0. The lowest BCUT2D eigenvalue weighted by Gasteiger charge is -2.23. The van der Waals surface area contributed by atoms with Crippen LogP contribution in [0.15, 0.2) is 18.2 Å². The van der Waals surface area contributed by atoms with Crippen LogP contribution >= 0.6 is 0 Å². The molecule has 1 aromatic carbocycles. The van der Waals surface area contributed by atoms with E-state index in [0.29, 0.717) is 6.10 Å². The van der Waals surface area contributed by atoms with Crippen molar-refractivity contribution in [1.29, 1.82) is 0 Å². The van der Waals surface area contributed by atoms with Gasteiger partial charge in [-0.15, -0.1) is 0 Å². The van der Waals surface area contributed by atoms with Crippen molar-refractivity contribution in [3.05, 3.63) is 29.3 Å². The van der Waals surface area contributed by atoms with E-state index in [9.17, 15) is 5.11 Å². The molecule has 1 atom stereocenters. The highest BCUT2D eigenvalue weighted by Gasteiger charge is 2.21. The molecule has 0 heterocycles. The molecule has 0 aliphatic heterocycles. The van der Waals surface area contributed by atoms with Gasteiger partial charge in [-0.2, -0.15) is 0 Å². The molecule has 1 aromatic rings. The van der Waals surface area contributed by atoms with Gasteiger partial charge in [-0.3, -0.25) is 0 Å². The standard InChI is InChI=1S/C15H20O2/c16-15-9-6-11-10-13(7-8-14(11)15)17-12-4-2-1-3-5-12/h7-8,10,12,15-16H,1-6,9H2/t15-/m0/s1. The molecule has 0 aromatic heterocycles. The Morgan fingerprint density at radius 2 is 1.88 bits per heavy atom. The molecule has 3 rings (SSSR count). The topological polar surface area (TPSA) is 29.5 Å². The molecule has 2 heteroatoms. The summed E-state index contributed by atoms with van der Waals surface area (Å²) >= 11 is 0. The maximum Gasteiger partial charge on any atom is 0.120 e. The quantitative estimate of drug-likeness (QED) is 0.847. The molecule has 0 radical (unpaired) electrons. The van der Waals surface area contributed by atoms with Crippen LogP contribution in [0.4, 0.5) is 0 Å². The summed E-state index contributed by atoms with van der Waals surface area (Å²) in [5, 5.41) is 9.75. The Bertz CT molecular complexity index is 394. The van der Waals surface area contributed by atoms with Crippen LogP contribution in [0.25, 0.3) is 0 Å². The Labute approximate surface area is 103 Å². The van der Waals surface area contributed by atoms with Crippen molar-refractivity contribution in [2.24, 2.45) is 0 Å². The molecule has 92 valence electrons. The summed E-state index contributed by atoms with van der Waals surface area (Å²) in [7, 11) is 0. The zero-order valence-electron chi connectivity index (χ0n) is 10.2. The first kappa shape index (κ1) is 11.1. The minimum atomic E-state index is -0.256. The lowest BCUT2D eigenvalue weighted by Crippen LogP contribution is -2.19. The summed E-state index contributed by atoms with van der Waals surface area (Å²) in [5.74, 6) is 0.991. The number of hydrogen-bond acceptors (Lipinski definition) is 2. The smallest absolute Gasteiger partial charge is 0.120 e. The monoisotopic (exact) mass is 232 g/mol. The molecule has 2 aliphatic rings. The molecular formula is C15H20O2. The third-order valence-electron chi connectivity index (χ3n) is 4.02. The Hall–Kier alpha value is -1.02. The van der Waals surface area contributed by atoms with Gasteiger partial charge in [0.2, 0.25) is 0 Å². The first-order valence-electron chi connectivity index (χ1n) is 6.80. The minimum Gasteiger partial charge on any atom is -0.490 e. The van der Waals surface area contributed by atoms with E-state index in [1.54, 1.807) is 0 Å². The van der Waals surface area contributed by atoms with Crippen molar-refractivity contribution in [2.75, 3.05) is 0 Å². The van der Waals surface area contributed by atoms with E-state index in [0.717, 1.165) is 24.2 Å². The number of fused-ring (bicyclic) bond motifs is 1. The number of rotatable bonds is 2. The molecule has 0 unspecified atom stereocenters. The summed E-state index contributed by atoms with van der Waals surface area (Å²) < 4.78 is 6.03. The molecule has 0 spiro atoms. The number of aliphatic hydroxyl groups excluding tert-OH is 1. The lowest BCUT2D eigenvalue weighted by molar-refractivity contribution is 0.154. The van der Waals surface area contributed by atoms with E-state index < -0.39 is 0 Å². The summed E-state index contributed by atoms with van der Waals surface area (Å²) in [6.07, 6.45) is 8.35. The summed E-state index contributed by atoms with van der Waals surface area (Å²) in [6, 6.07) is 6.17. The van der Waals surface area contributed by atoms with E-state index >= 15 is 0 Å². The fourth-order valence-electron chi connectivity index (χ4n) is 3.02. The van der Waals surface area contributed by atoms with Gasteiger partial charge in [-0.25, -0.2) is 0 Å². The number of ether oxygens (including phenoxy) is 1. The van der Waals surface area contributed by atoms with Crippen molar-refractivity contribution < 1.29 is 9.84 Å². The van der Waals surface area contributed by atoms with Gasteiger partial charge in [0, 0.05) is 0 Å². The van der Waals surface area contributed by atoms with Gasteiger partial charge < -0.3 is 9.84 Å². The molecule has 1 N–H and O–H groups in total. The third-order valence-corrected chi connectivity index (χ3v) is 4.02. The van der Waals surface area contributed by atoms with Crippen molar-refractivity contribution >= 4 is 0 Å². The Balaban J connectivity index is 1.71. The van der Waals surface area contributed by atoms with Crippen molar-refractivity contribution in [1.82, 2.24) is 0 Å². The number of benzene rings is 1. The average molecular weight is 232 g/mol. The molecular weight excluding hydrogens is 212 g/mol. The number of aryl methyl sites for hydroxylation is 1. The molecule has 17 heavy (non-hydrogen) atoms. The van der Waals surface area contributed by atoms with E-state index in [1.807, 2.05) is 12.1 Å². The van der Waals surface area contributed by atoms with E-state index in [-0.39, 0.29) is 6.10 Å². The Morgan fingerprint density at radius 3 is 2.71 bits per heavy atom. The van der Waals surface area contributed by atoms with Gasteiger partial charge in [-0.1, -0.05) is 12.5 Å². The highest BCUT2D eigenvalue weighted by atomic mass is 16.5. The maximum absolute atomic E-state index is 9.75. The predicted octanol–water partition coefficient (Wildman–Crippen LogP) is 3.38. The fourth-order valence-corrected chi connectivity index (χ4v) is 3.02. The van der Waals surface area contributed by atoms with Gasteiger partial charge in [0.05, 0.1) is 12.2 Å². The van der Waals surface area contributed by atoms with Gasteiger partial charge in [0.15, 0.2) is 0 Å². The second-order valence-electron chi connectivity index (χ2n) is 5.29. The van der Waals surface area contributed by atoms with Crippen molar-refractivity contribution in [2.45, 2.75) is 57.2 Å². The Kier molecular flexibility index (Phi) is 3.06. The zero-order chi connectivity index (χ0) is 11.7. The molecule has 2 nitrogen and oxygen atoms in total. The largest absolute Gasteiger partial charge is 0.490 e. The minimum absolute atomic E-state index is 0.256. The van der Waals surface area contributed by atoms with Crippen LogP contribution in [0.3, 0.4) is 0 Å². The lowest BCUT2D eigenvalue weighted by atomic mass is 9.98. The SMILES string of the molecule is O[C@H]1CCc2cc(OC3CCCCC3)ccc21. The van der Waals surface area contributed by atoms with Crippen LogP contribution in [-0.4, -0.2) is 11.2 Å². The molecule has 1 saturated carbocycles. The van der Waals surface area contributed by atoms with Gasteiger partial charge >= 0.3 is 0 Å². The average Bonchev–Trinajstić information content (AvgIpc) is 2.72. The van der Waals surface area contributed by atoms with Gasteiger partial charge in [0.1, 0.15) is 5.75 Å². The zero-order valence-corrected chi connectivity index (χ0v) is 10.2. The second-order valence-corrected chi connectivity index (χ2v) is 5.29. The maximum atomic E-state index is 9.75. The normalized spacial score (nSPS) is 24.6. The van der Waals surface area contributed by atoms with Crippen molar-refractivity contribution in [3.8, 4) is 5.75 Å². The molecule has 1 fully saturated rings. The van der Waals surface area contributed by atoms with Crippen molar-refractivity contribution in [3.63, 3.8) is 0 Å². The van der Waals surface area contributed by atoms with Crippen LogP contribution in [0.1, 0.15) is 55.8 Å². The fraction of sp³-hybridized carbons (Fsp3) is 0.600. The summed E-state index contributed by atoms with van der Waals surface area (Å²) in [5.41, 5.74) is 2.37. The number of aliphatic hydroxyl groups is 1. The Morgan fingerprint density at radius 1 is 1.06 bits per heavy atom. The molecule has 0 saturated heterocycles. The van der Waals surface area contributed by atoms with Crippen LogP contribution in [0.2, 0.25) is 0 Å². The molecule has 0 amide bonds. The molecule has 0 bridgehead atoms. The van der Waals surface area contributed by atoms with Gasteiger partial charge in [0.25, 0.3) is 0 Å². The van der Waals surface area contributed by atoms with Crippen LogP contribution < -0.4 is 4.74 Å². The first-order chi connectivity index (χ1) is 8.33. The van der Waals surface area contributed by atoms with E-state index in [1.165, 1.54) is 37.7 Å². The summed E-state index contributed by atoms with van der Waals surface area (Å²) in [4.78, 5) is 0. The van der Waals surface area contributed by atoms with E-state index in [4.69, 9.17) is 4.74 Å². The highest BCUT2D eigenvalue weighted by Crippen LogP contribution is 2.34. The second kappa shape index (κ2) is 4.69. The van der Waals surface area contributed by atoms with Crippen LogP contribution in [0.5, 0.6) is 5.75 Å². The van der Waals surface area contributed by atoms with E-state index in [2.05, 4.69) is 6.07 Å².